The Bertz CT molecular complexity index is 719. The largest absolute Gasteiger partial charge is 0.496 e. The maximum Gasteiger partial charge on any atom is 0.321 e. The van der Waals surface area contributed by atoms with Crippen LogP contribution in [-0.4, -0.2) is 26.1 Å². The van der Waals surface area contributed by atoms with E-state index in [0.717, 1.165) is 16.9 Å². The molecule has 0 radical (unpaired) electrons. The van der Waals surface area contributed by atoms with E-state index in [0.29, 0.717) is 0 Å². The Morgan fingerprint density at radius 3 is 2.28 bits per heavy atom. The van der Waals surface area contributed by atoms with Crippen LogP contribution >= 0.6 is 0 Å². The summed E-state index contributed by atoms with van der Waals surface area (Å²) < 4.78 is 5.39. The molecule has 25 heavy (non-hydrogen) atoms. The zero-order valence-corrected chi connectivity index (χ0v) is 14.6. The van der Waals surface area contributed by atoms with Crippen LogP contribution in [0.1, 0.15) is 30.1 Å². The first-order valence-corrected chi connectivity index (χ1v) is 8.03. The Morgan fingerprint density at radius 1 is 1.00 bits per heavy atom. The number of hydrogen-bond donors (Lipinski definition) is 3. The van der Waals surface area contributed by atoms with Gasteiger partial charge in [-0.25, -0.2) is 4.79 Å². The fourth-order valence-electron chi connectivity index (χ4n) is 2.58. The Hall–Kier alpha value is -2.86. The third-order valence-electron chi connectivity index (χ3n) is 3.88. The molecule has 132 valence electrons. The fraction of sp³-hybridized carbons (Fsp3) is 0.263. The topological polar surface area (TPSA) is 79.5 Å². The Balaban J connectivity index is 2.26. The van der Waals surface area contributed by atoms with Crippen LogP contribution < -0.4 is 20.7 Å². The molecule has 0 aliphatic heterocycles. The minimum Gasteiger partial charge on any atom is -0.496 e. The standard InChI is InChI=1S/C19H23N3O3/c1-13(15-11-7-8-12-16(15)25-3)21-17(14-9-5-4-6-10-14)18(23)22-19(24)20-2/h4-13,17,21H,1-3H3,(H2,20,22,23,24)/t13-,17+/m1/s1. The normalized spacial score (nSPS) is 12.8. The van der Waals surface area contributed by atoms with Crippen molar-refractivity contribution in [2.75, 3.05) is 14.2 Å². The molecule has 0 unspecified atom stereocenters. The highest BCUT2D eigenvalue weighted by atomic mass is 16.5. The van der Waals surface area contributed by atoms with Crippen LogP contribution in [0.15, 0.2) is 54.6 Å². The molecule has 2 aromatic carbocycles. The van der Waals surface area contributed by atoms with Crippen LogP contribution in [0.2, 0.25) is 0 Å². The molecule has 0 fully saturated rings. The number of amides is 3. The summed E-state index contributed by atoms with van der Waals surface area (Å²) in [6.45, 7) is 1.95. The molecule has 2 rings (SSSR count). The maximum atomic E-state index is 12.6. The van der Waals surface area contributed by atoms with E-state index in [1.165, 1.54) is 7.05 Å². The molecule has 2 atom stereocenters. The van der Waals surface area contributed by atoms with Gasteiger partial charge in [0, 0.05) is 18.7 Å². The Kier molecular flexibility index (Phi) is 6.54. The van der Waals surface area contributed by atoms with Crippen molar-refractivity contribution < 1.29 is 14.3 Å². The zero-order chi connectivity index (χ0) is 18.2. The second-order valence-electron chi connectivity index (χ2n) is 5.54. The van der Waals surface area contributed by atoms with Crippen LogP contribution in [0.4, 0.5) is 4.79 Å². The molecule has 3 amide bonds. The molecule has 2 aromatic rings. The number of urea groups is 1. The third kappa shape index (κ3) is 4.81. The zero-order valence-electron chi connectivity index (χ0n) is 14.6. The SMILES string of the molecule is CNC(=O)NC(=O)[C@@H](N[C@H](C)c1ccccc1OC)c1ccccc1. The van der Waals surface area contributed by atoms with E-state index in [1.807, 2.05) is 61.5 Å². The first-order chi connectivity index (χ1) is 12.1. The van der Waals surface area contributed by atoms with Crippen molar-refractivity contribution in [3.8, 4) is 5.75 Å². The summed E-state index contributed by atoms with van der Waals surface area (Å²) in [5.74, 6) is 0.313. The van der Waals surface area contributed by atoms with E-state index in [1.54, 1.807) is 7.11 Å². The Morgan fingerprint density at radius 2 is 1.64 bits per heavy atom. The summed E-state index contributed by atoms with van der Waals surface area (Å²) in [6, 6.07) is 15.5. The second-order valence-corrected chi connectivity index (χ2v) is 5.54. The molecule has 0 aromatic heterocycles. The van der Waals surface area contributed by atoms with Crippen molar-refractivity contribution in [2.24, 2.45) is 0 Å². The number of ether oxygens (including phenoxy) is 1. The van der Waals surface area contributed by atoms with E-state index in [9.17, 15) is 9.59 Å². The van der Waals surface area contributed by atoms with Gasteiger partial charge >= 0.3 is 6.03 Å². The van der Waals surface area contributed by atoms with Crippen LogP contribution in [0, 0.1) is 0 Å². The highest BCUT2D eigenvalue weighted by Gasteiger charge is 2.25. The lowest BCUT2D eigenvalue weighted by atomic mass is 10.0. The molecule has 0 saturated carbocycles. The van der Waals surface area contributed by atoms with Gasteiger partial charge in [-0.15, -0.1) is 0 Å². The lowest BCUT2D eigenvalue weighted by molar-refractivity contribution is -0.122. The van der Waals surface area contributed by atoms with Gasteiger partial charge in [0.15, 0.2) is 0 Å². The van der Waals surface area contributed by atoms with E-state index >= 15 is 0 Å². The average Bonchev–Trinajstić information content (AvgIpc) is 2.66. The monoisotopic (exact) mass is 341 g/mol. The summed E-state index contributed by atoms with van der Waals surface area (Å²) in [4.78, 5) is 24.1. The maximum absolute atomic E-state index is 12.6. The van der Waals surface area contributed by atoms with Gasteiger partial charge in [-0.05, 0) is 18.6 Å². The van der Waals surface area contributed by atoms with Crippen molar-refractivity contribution >= 4 is 11.9 Å². The number of rotatable bonds is 6. The van der Waals surface area contributed by atoms with Gasteiger partial charge in [0.25, 0.3) is 0 Å². The van der Waals surface area contributed by atoms with E-state index in [4.69, 9.17) is 4.74 Å². The smallest absolute Gasteiger partial charge is 0.321 e. The lowest BCUT2D eigenvalue weighted by Crippen LogP contribution is -2.44. The average molecular weight is 341 g/mol. The second kappa shape index (κ2) is 8.84. The summed E-state index contributed by atoms with van der Waals surface area (Å²) >= 11 is 0. The first kappa shape index (κ1) is 18.5. The van der Waals surface area contributed by atoms with Crippen molar-refractivity contribution in [1.29, 1.82) is 0 Å². The number of nitrogens with one attached hydrogen (secondary N) is 3. The summed E-state index contributed by atoms with van der Waals surface area (Å²) in [7, 11) is 3.07. The van der Waals surface area contributed by atoms with Crippen LogP contribution in [0.3, 0.4) is 0 Å². The molecule has 0 saturated heterocycles. The van der Waals surface area contributed by atoms with Gasteiger partial charge in [-0.2, -0.15) is 0 Å². The number of para-hydroxylation sites is 1. The molecule has 0 spiro atoms. The molecule has 6 nitrogen and oxygen atoms in total. The van der Waals surface area contributed by atoms with Crippen LogP contribution in [0.25, 0.3) is 0 Å². The molecular weight excluding hydrogens is 318 g/mol. The quantitative estimate of drug-likeness (QED) is 0.754. The van der Waals surface area contributed by atoms with Gasteiger partial charge < -0.3 is 10.1 Å². The van der Waals surface area contributed by atoms with Crippen molar-refractivity contribution in [1.82, 2.24) is 16.0 Å². The minimum absolute atomic E-state index is 0.170. The number of benzene rings is 2. The fourth-order valence-corrected chi connectivity index (χ4v) is 2.58. The summed E-state index contributed by atoms with van der Waals surface area (Å²) in [5, 5.41) is 8.00. The van der Waals surface area contributed by atoms with Crippen molar-refractivity contribution in [3.63, 3.8) is 0 Å². The summed E-state index contributed by atoms with van der Waals surface area (Å²) in [6.07, 6.45) is 0. The van der Waals surface area contributed by atoms with Gasteiger partial charge in [-0.1, -0.05) is 48.5 Å². The van der Waals surface area contributed by atoms with E-state index in [-0.39, 0.29) is 6.04 Å². The van der Waals surface area contributed by atoms with Gasteiger partial charge in [0.05, 0.1) is 7.11 Å². The number of carbonyl (C=O) groups excluding carboxylic acids is 2. The highest BCUT2D eigenvalue weighted by Crippen LogP contribution is 2.27. The number of hydrogen-bond acceptors (Lipinski definition) is 4. The van der Waals surface area contributed by atoms with Gasteiger partial charge in [0.1, 0.15) is 11.8 Å². The molecule has 0 heterocycles. The van der Waals surface area contributed by atoms with Gasteiger partial charge in [0.2, 0.25) is 5.91 Å². The molecule has 0 aliphatic rings. The minimum atomic E-state index is -0.682. The van der Waals surface area contributed by atoms with Crippen molar-refractivity contribution in [2.45, 2.75) is 19.0 Å². The Labute approximate surface area is 147 Å². The van der Waals surface area contributed by atoms with Crippen LogP contribution in [0.5, 0.6) is 5.75 Å². The van der Waals surface area contributed by atoms with Crippen molar-refractivity contribution in [3.05, 3.63) is 65.7 Å². The lowest BCUT2D eigenvalue weighted by Gasteiger charge is -2.24. The molecule has 6 heteroatoms. The predicted octanol–water partition coefficient (Wildman–Crippen LogP) is 2.54. The number of imide groups is 1. The molecule has 3 N–H and O–H groups in total. The van der Waals surface area contributed by atoms with Crippen LogP contribution in [-0.2, 0) is 4.79 Å². The van der Waals surface area contributed by atoms with Gasteiger partial charge in [-0.3, -0.25) is 15.4 Å². The molecule has 0 bridgehead atoms. The third-order valence-corrected chi connectivity index (χ3v) is 3.88. The number of methoxy groups -OCH3 is 1. The highest BCUT2D eigenvalue weighted by molar-refractivity contribution is 5.97. The number of carbonyl (C=O) groups is 2. The van der Waals surface area contributed by atoms with E-state index < -0.39 is 18.0 Å². The summed E-state index contributed by atoms with van der Waals surface area (Å²) in [5.41, 5.74) is 1.70. The van der Waals surface area contributed by atoms with E-state index in [2.05, 4.69) is 16.0 Å². The first-order valence-electron chi connectivity index (χ1n) is 8.03. The molecule has 0 aliphatic carbocycles. The molecular formula is C19H23N3O3. The predicted molar refractivity (Wildman–Crippen MR) is 96.3 cm³/mol.